The van der Waals surface area contributed by atoms with Crippen molar-refractivity contribution in [2.24, 2.45) is 7.05 Å². The molecule has 0 radical (unpaired) electrons. The van der Waals surface area contributed by atoms with Gasteiger partial charge in [-0.15, -0.1) is 0 Å². The fourth-order valence-electron chi connectivity index (χ4n) is 2.23. The molecular formula is C15H13ClN2. The van der Waals surface area contributed by atoms with Gasteiger partial charge in [-0.2, -0.15) is 0 Å². The van der Waals surface area contributed by atoms with Gasteiger partial charge in [0.15, 0.2) is 0 Å². The van der Waals surface area contributed by atoms with Crippen LogP contribution in [0.2, 0.25) is 5.02 Å². The largest absolute Gasteiger partial charge is 0.327 e. The van der Waals surface area contributed by atoms with Crippen molar-refractivity contribution < 1.29 is 0 Å². The van der Waals surface area contributed by atoms with Crippen LogP contribution in [-0.4, -0.2) is 9.55 Å². The lowest BCUT2D eigenvalue weighted by molar-refractivity contribution is 0.957. The summed E-state index contributed by atoms with van der Waals surface area (Å²) in [4.78, 5) is 4.69. The minimum absolute atomic E-state index is 0.738. The van der Waals surface area contributed by atoms with Gasteiger partial charge in [0.2, 0.25) is 0 Å². The van der Waals surface area contributed by atoms with Gasteiger partial charge in [-0.25, -0.2) is 4.98 Å². The Balaban J connectivity index is 2.31. The van der Waals surface area contributed by atoms with Crippen molar-refractivity contribution in [3.8, 4) is 11.4 Å². The third-order valence-corrected chi connectivity index (χ3v) is 3.46. The Bertz CT molecular complexity index is 728. The van der Waals surface area contributed by atoms with Crippen LogP contribution in [0.15, 0.2) is 42.5 Å². The van der Waals surface area contributed by atoms with E-state index in [9.17, 15) is 0 Å². The summed E-state index contributed by atoms with van der Waals surface area (Å²) in [5.74, 6) is 0.977. The lowest BCUT2D eigenvalue weighted by Crippen LogP contribution is -1.94. The Morgan fingerprint density at radius 2 is 1.89 bits per heavy atom. The Morgan fingerprint density at radius 3 is 2.67 bits per heavy atom. The van der Waals surface area contributed by atoms with Crippen molar-refractivity contribution in [2.75, 3.05) is 0 Å². The van der Waals surface area contributed by atoms with E-state index in [1.54, 1.807) is 0 Å². The van der Waals surface area contributed by atoms with Crippen LogP contribution < -0.4 is 0 Å². The number of aromatic nitrogens is 2. The first kappa shape index (κ1) is 11.3. The number of imidazole rings is 1. The predicted molar refractivity (Wildman–Crippen MR) is 75.9 cm³/mol. The fraction of sp³-hybridized carbons (Fsp3) is 0.133. The SMILES string of the molecule is Cc1ccccc1-c1nc2ccc(Cl)cc2n1C. The number of hydrogen-bond donors (Lipinski definition) is 0. The van der Waals surface area contributed by atoms with Crippen molar-refractivity contribution in [3.63, 3.8) is 0 Å². The molecule has 0 N–H and O–H groups in total. The minimum atomic E-state index is 0.738. The molecule has 0 bridgehead atoms. The number of rotatable bonds is 1. The second kappa shape index (κ2) is 4.14. The number of hydrogen-bond acceptors (Lipinski definition) is 1. The molecule has 0 spiro atoms. The third-order valence-electron chi connectivity index (χ3n) is 3.23. The van der Waals surface area contributed by atoms with E-state index in [0.29, 0.717) is 0 Å². The van der Waals surface area contributed by atoms with Gasteiger partial charge in [0.25, 0.3) is 0 Å². The molecule has 90 valence electrons. The van der Waals surface area contributed by atoms with Gasteiger partial charge in [0, 0.05) is 17.6 Å². The van der Waals surface area contributed by atoms with Gasteiger partial charge < -0.3 is 4.57 Å². The van der Waals surface area contributed by atoms with Crippen LogP contribution in [0.1, 0.15) is 5.56 Å². The topological polar surface area (TPSA) is 17.8 Å². The highest BCUT2D eigenvalue weighted by atomic mass is 35.5. The molecule has 0 unspecified atom stereocenters. The van der Waals surface area contributed by atoms with E-state index >= 15 is 0 Å². The minimum Gasteiger partial charge on any atom is -0.327 e. The molecule has 0 amide bonds. The van der Waals surface area contributed by atoms with Crippen molar-refractivity contribution in [1.82, 2.24) is 9.55 Å². The Kier molecular flexibility index (Phi) is 2.60. The van der Waals surface area contributed by atoms with Gasteiger partial charge in [-0.3, -0.25) is 0 Å². The van der Waals surface area contributed by atoms with E-state index < -0.39 is 0 Å². The number of benzene rings is 2. The maximum atomic E-state index is 6.04. The highest BCUT2D eigenvalue weighted by Crippen LogP contribution is 2.27. The summed E-state index contributed by atoms with van der Waals surface area (Å²) in [6, 6.07) is 14.1. The van der Waals surface area contributed by atoms with E-state index in [1.807, 2.05) is 37.4 Å². The maximum Gasteiger partial charge on any atom is 0.141 e. The van der Waals surface area contributed by atoms with Gasteiger partial charge >= 0.3 is 0 Å². The first-order valence-corrected chi connectivity index (χ1v) is 6.22. The molecule has 2 nitrogen and oxygen atoms in total. The summed E-state index contributed by atoms with van der Waals surface area (Å²) < 4.78 is 2.09. The second-order valence-electron chi connectivity index (χ2n) is 4.44. The number of halogens is 1. The third kappa shape index (κ3) is 1.70. The van der Waals surface area contributed by atoms with Gasteiger partial charge in [0.05, 0.1) is 11.0 Å². The normalized spacial score (nSPS) is 11.1. The Labute approximate surface area is 111 Å². The standard InChI is InChI=1S/C15H13ClN2/c1-10-5-3-4-6-12(10)15-17-13-8-7-11(16)9-14(13)18(15)2/h3-9H,1-2H3. The average Bonchev–Trinajstić information content (AvgIpc) is 2.68. The molecule has 1 aromatic heterocycles. The molecule has 0 saturated carbocycles. The van der Waals surface area contributed by atoms with Crippen LogP contribution in [0.25, 0.3) is 22.4 Å². The summed E-state index contributed by atoms with van der Waals surface area (Å²) >= 11 is 6.04. The predicted octanol–water partition coefficient (Wildman–Crippen LogP) is 4.20. The van der Waals surface area contributed by atoms with Gasteiger partial charge in [-0.1, -0.05) is 35.9 Å². The van der Waals surface area contributed by atoms with E-state index in [-0.39, 0.29) is 0 Å². The number of aryl methyl sites for hydroxylation is 2. The summed E-state index contributed by atoms with van der Waals surface area (Å²) in [6.07, 6.45) is 0. The van der Waals surface area contributed by atoms with Crippen molar-refractivity contribution in [2.45, 2.75) is 6.92 Å². The number of nitrogens with zero attached hydrogens (tertiary/aromatic N) is 2. The van der Waals surface area contributed by atoms with Gasteiger partial charge in [0.1, 0.15) is 5.82 Å². The highest BCUT2D eigenvalue weighted by molar-refractivity contribution is 6.31. The first-order chi connectivity index (χ1) is 8.66. The van der Waals surface area contributed by atoms with Crippen LogP contribution in [-0.2, 0) is 7.05 Å². The molecule has 0 atom stereocenters. The monoisotopic (exact) mass is 256 g/mol. The molecule has 3 heteroatoms. The second-order valence-corrected chi connectivity index (χ2v) is 4.88. The Morgan fingerprint density at radius 1 is 1.11 bits per heavy atom. The maximum absolute atomic E-state index is 6.04. The molecule has 18 heavy (non-hydrogen) atoms. The van der Waals surface area contributed by atoms with Gasteiger partial charge in [-0.05, 0) is 30.7 Å². The van der Waals surface area contributed by atoms with E-state index in [0.717, 1.165) is 27.4 Å². The van der Waals surface area contributed by atoms with Crippen molar-refractivity contribution >= 4 is 22.6 Å². The zero-order valence-corrected chi connectivity index (χ0v) is 11.1. The highest BCUT2D eigenvalue weighted by Gasteiger charge is 2.11. The average molecular weight is 257 g/mol. The summed E-state index contributed by atoms with van der Waals surface area (Å²) in [7, 11) is 2.02. The van der Waals surface area contributed by atoms with Crippen LogP contribution in [0.5, 0.6) is 0 Å². The molecule has 0 saturated heterocycles. The zero-order valence-electron chi connectivity index (χ0n) is 10.3. The summed E-state index contributed by atoms with van der Waals surface area (Å²) in [5.41, 5.74) is 4.41. The lowest BCUT2D eigenvalue weighted by Gasteiger charge is -2.05. The van der Waals surface area contributed by atoms with E-state index in [1.165, 1.54) is 5.56 Å². The smallest absolute Gasteiger partial charge is 0.141 e. The molecule has 3 aromatic rings. The molecule has 2 aromatic carbocycles. The Hall–Kier alpha value is -1.80. The van der Waals surface area contributed by atoms with Crippen LogP contribution >= 0.6 is 11.6 Å². The van der Waals surface area contributed by atoms with Crippen LogP contribution in [0.3, 0.4) is 0 Å². The van der Waals surface area contributed by atoms with E-state index in [4.69, 9.17) is 11.6 Å². The molecule has 0 fully saturated rings. The summed E-state index contributed by atoms with van der Waals surface area (Å²) in [5, 5.41) is 0.738. The molecule has 1 heterocycles. The van der Waals surface area contributed by atoms with Crippen LogP contribution in [0, 0.1) is 6.92 Å². The molecule has 3 rings (SSSR count). The molecule has 0 aliphatic carbocycles. The van der Waals surface area contributed by atoms with Crippen LogP contribution in [0.4, 0.5) is 0 Å². The molecule has 0 aliphatic heterocycles. The zero-order chi connectivity index (χ0) is 12.7. The van der Waals surface area contributed by atoms with Crippen molar-refractivity contribution in [1.29, 1.82) is 0 Å². The fourth-order valence-corrected chi connectivity index (χ4v) is 2.39. The first-order valence-electron chi connectivity index (χ1n) is 5.85. The molecule has 0 aliphatic rings. The lowest BCUT2D eigenvalue weighted by atomic mass is 10.1. The number of fused-ring (bicyclic) bond motifs is 1. The molecular weight excluding hydrogens is 244 g/mol. The van der Waals surface area contributed by atoms with E-state index in [2.05, 4.69) is 28.6 Å². The summed E-state index contributed by atoms with van der Waals surface area (Å²) in [6.45, 7) is 2.10. The quantitative estimate of drug-likeness (QED) is 0.638. The van der Waals surface area contributed by atoms with Crippen molar-refractivity contribution in [3.05, 3.63) is 53.1 Å².